The van der Waals surface area contributed by atoms with E-state index in [2.05, 4.69) is 4.90 Å². The highest BCUT2D eigenvalue weighted by Gasteiger charge is 2.43. The summed E-state index contributed by atoms with van der Waals surface area (Å²) in [5.41, 5.74) is 6.98. The van der Waals surface area contributed by atoms with Crippen LogP contribution in [0.3, 0.4) is 0 Å². The standard InChI is InChI=1S/C13H17FN2/c14-11-1-3-12(4-2-11)16-8-9-5-10(6-9)13(16)7-15/h1-4,9-10,13H,5-8,15H2. The lowest BCUT2D eigenvalue weighted by molar-refractivity contribution is 0.114. The van der Waals surface area contributed by atoms with E-state index >= 15 is 0 Å². The Morgan fingerprint density at radius 3 is 2.56 bits per heavy atom. The SMILES string of the molecule is NCC1C2CC(C2)CN1c1ccc(F)cc1. The molecule has 16 heavy (non-hydrogen) atoms. The van der Waals surface area contributed by atoms with E-state index in [1.807, 2.05) is 12.1 Å². The van der Waals surface area contributed by atoms with E-state index in [-0.39, 0.29) is 5.82 Å². The Labute approximate surface area is 95.2 Å². The van der Waals surface area contributed by atoms with Gasteiger partial charge in [-0.25, -0.2) is 4.39 Å². The second-order valence-electron chi connectivity index (χ2n) is 5.03. The maximum absolute atomic E-state index is 12.9. The van der Waals surface area contributed by atoms with Gasteiger partial charge in [0.2, 0.25) is 0 Å². The van der Waals surface area contributed by atoms with E-state index in [0.717, 1.165) is 24.1 Å². The van der Waals surface area contributed by atoms with Gasteiger partial charge in [-0.3, -0.25) is 0 Å². The third-order valence-corrected chi connectivity index (χ3v) is 4.07. The number of hydrogen-bond acceptors (Lipinski definition) is 2. The van der Waals surface area contributed by atoms with Crippen molar-refractivity contribution in [2.24, 2.45) is 17.6 Å². The third kappa shape index (κ3) is 1.50. The van der Waals surface area contributed by atoms with Crippen molar-refractivity contribution in [3.8, 4) is 0 Å². The van der Waals surface area contributed by atoms with Gasteiger partial charge >= 0.3 is 0 Å². The zero-order chi connectivity index (χ0) is 11.1. The molecule has 3 fully saturated rings. The summed E-state index contributed by atoms with van der Waals surface area (Å²) < 4.78 is 12.9. The number of anilines is 1. The zero-order valence-corrected chi connectivity index (χ0v) is 9.27. The van der Waals surface area contributed by atoms with Gasteiger partial charge in [-0.05, 0) is 48.9 Å². The fourth-order valence-electron chi connectivity index (χ4n) is 3.17. The van der Waals surface area contributed by atoms with Gasteiger partial charge in [0, 0.05) is 24.8 Å². The molecule has 1 aromatic carbocycles. The zero-order valence-electron chi connectivity index (χ0n) is 9.27. The minimum Gasteiger partial charge on any atom is -0.367 e. The van der Waals surface area contributed by atoms with Crippen LogP contribution in [-0.4, -0.2) is 19.1 Å². The maximum Gasteiger partial charge on any atom is 0.123 e. The predicted octanol–water partition coefficient (Wildman–Crippen LogP) is 2.00. The average Bonchev–Trinajstić information content (AvgIpc) is 2.28. The minimum absolute atomic E-state index is 0.171. The molecule has 2 heterocycles. The van der Waals surface area contributed by atoms with Crippen molar-refractivity contribution in [1.29, 1.82) is 0 Å². The fraction of sp³-hybridized carbons (Fsp3) is 0.538. The highest BCUT2D eigenvalue weighted by atomic mass is 19.1. The van der Waals surface area contributed by atoms with Gasteiger partial charge in [-0.1, -0.05) is 0 Å². The number of piperidine rings is 2. The lowest BCUT2D eigenvalue weighted by atomic mass is 9.66. The predicted molar refractivity (Wildman–Crippen MR) is 62.8 cm³/mol. The fourth-order valence-corrected chi connectivity index (χ4v) is 3.17. The molecule has 2 nitrogen and oxygen atoms in total. The third-order valence-electron chi connectivity index (χ3n) is 4.07. The molecule has 2 bridgehead atoms. The molecule has 0 radical (unpaired) electrons. The normalized spacial score (nSPS) is 32.4. The van der Waals surface area contributed by atoms with Crippen LogP contribution in [0, 0.1) is 17.7 Å². The first-order valence-electron chi connectivity index (χ1n) is 6.00. The quantitative estimate of drug-likeness (QED) is 0.826. The van der Waals surface area contributed by atoms with Gasteiger partial charge in [0.05, 0.1) is 0 Å². The molecule has 1 aliphatic carbocycles. The maximum atomic E-state index is 12.9. The molecule has 3 aliphatic rings. The smallest absolute Gasteiger partial charge is 0.123 e. The molecular weight excluding hydrogens is 203 g/mol. The van der Waals surface area contributed by atoms with Gasteiger partial charge in [0.15, 0.2) is 0 Å². The van der Waals surface area contributed by atoms with Crippen molar-refractivity contribution in [2.45, 2.75) is 18.9 Å². The van der Waals surface area contributed by atoms with Crippen LogP contribution in [-0.2, 0) is 0 Å². The molecule has 2 saturated heterocycles. The van der Waals surface area contributed by atoms with Crippen molar-refractivity contribution in [3.63, 3.8) is 0 Å². The highest BCUT2D eigenvalue weighted by molar-refractivity contribution is 5.49. The molecule has 0 aromatic heterocycles. The van der Waals surface area contributed by atoms with Crippen LogP contribution in [0.2, 0.25) is 0 Å². The largest absolute Gasteiger partial charge is 0.367 e. The first-order valence-corrected chi connectivity index (χ1v) is 6.00. The lowest BCUT2D eigenvalue weighted by Gasteiger charge is -2.54. The second kappa shape index (κ2) is 3.74. The van der Waals surface area contributed by atoms with Gasteiger partial charge < -0.3 is 10.6 Å². The molecule has 0 amide bonds. The summed E-state index contributed by atoms with van der Waals surface area (Å²) in [4.78, 5) is 2.36. The molecule has 2 aliphatic heterocycles. The molecule has 1 saturated carbocycles. The summed E-state index contributed by atoms with van der Waals surface area (Å²) in [6, 6.07) is 7.24. The van der Waals surface area contributed by atoms with Crippen LogP contribution in [0.4, 0.5) is 10.1 Å². The topological polar surface area (TPSA) is 29.3 Å². The molecule has 4 rings (SSSR count). The van der Waals surface area contributed by atoms with Crippen molar-refractivity contribution < 1.29 is 4.39 Å². The molecule has 1 atom stereocenters. The Balaban J connectivity index is 1.85. The average molecular weight is 220 g/mol. The Morgan fingerprint density at radius 2 is 1.94 bits per heavy atom. The Hall–Kier alpha value is -1.09. The summed E-state index contributed by atoms with van der Waals surface area (Å²) in [5, 5.41) is 0. The number of nitrogens with two attached hydrogens (primary N) is 1. The molecule has 1 unspecified atom stereocenters. The Morgan fingerprint density at radius 1 is 1.25 bits per heavy atom. The first kappa shape index (κ1) is 10.1. The Bertz CT molecular complexity index is 370. The summed E-state index contributed by atoms with van der Waals surface area (Å²) in [6.45, 7) is 1.79. The van der Waals surface area contributed by atoms with Crippen LogP contribution in [0.1, 0.15) is 12.8 Å². The summed E-state index contributed by atoms with van der Waals surface area (Å²) in [6.07, 6.45) is 2.67. The summed E-state index contributed by atoms with van der Waals surface area (Å²) in [5.74, 6) is 1.42. The molecule has 1 aromatic rings. The first-order chi connectivity index (χ1) is 7.78. The van der Waals surface area contributed by atoms with E-state index < -0.39 is 0 Å². The number of rotatable bonds is 2. The van der Waals surface area contributed by atoms with Crippen LogP contribution < -0.4 is 10.6 Å². The number of nitrogens with zero attached hydrogens (tertiary/aromatic N) is 1. The number of benzene rings is 1. The van der Waals surface area contributed by atoms with Crippen molar-refractivity contribution in [2.75, 3.05) is 18.0 Å². The number of fused-ring (bicyclic) bond motifs is 2. The molecule has 0 spiro atoms. The summed E-state index contributed by atoms with van der Waals surface area (Å²) >= 11 is 0. The van der Waals surface area contributed by atoms with Crippen molar-refractivity contribution in [1.82, 2.24) is 0 Å². The minimum atomic E-state index is -0.171. The van der Waals surface area contributed by atoms with Gasteiger partial charge in [-0.2, -0.15) is 0 Å². The molecule has 3 heteroatoms. The van der Waals surface area contributed by atoms with E-state index in [0.29, 0.717) is 12.6 Å². The molecule has 86 valence electrons. The van der Waals surface area contributed by atoms with Gasteiger partial charge in [-0.15, -0.1) is 0 Å². The van der Waals surface area contributed by atoms with Crippen molar-refractivity contribution in [3.05, 3.63) is 30.1 Å². The summed E-state index contributed by atoms with van der Waals surface area (Å²) in [7, 11) is 0. The molecule has 2 N–H and O–H groups in total. The van der Waals surface area contributed by atoms with Crippen LogP contribution in [0.25, 0.3) is 0 Å². The van der Waals surface area contributed by atoms with E-state index in [9.17, 15) is 4.39 Å². The number of halogens is 1. The van der Waals surface area contributed by atoms with Gasteiger partial charge in [0.1, 0.15) is 5.82 Å². The van der Waals surface area contributed by atoms with E-state index in [1.54, 1.807) is 0 Å². The Kier molecular flexibility index (Phi) is 2.36. The van der Waals surface area contributed by atoms with Crippen LogP contribution >= 0.6 is 0 Å². The second-order valence-corrected chi connectivity index (χ2v) is 5.03. The van der Waals surface area contributed by atoms with Gasteiger partial charge in [0.25, 0.3) is 0 Å². The van der Waals surface area contributed by atoms with Crippen LogP contribution in [0.5, 0.6) is 0 Å². The van der Waals surface area contributed by atoms with Crippen molar-refractivity contribution >= 4 is 5.69 Å². The lowest BCUT2D eigenvalue weighted by Crippen LogP contribution is -2.58. The number of hydrogen-bond donors (Lipinski definition) is 1. The monoisotopic (exact) mass is 220 g/mol. The van der Waals surface area contributed by atoms with E-state index in [4.69, 9.17) is 5.73 Å². The highest BCUT2D eigenvalue weighted by Crippen LogP contribution is 2.44. The van der Waals surface area contributed by atoms with E-state index in [1.165, 1.54) is 25.0 Å². The van der Waals surface area contributed by atoms with Crippen LogP contribution in [0.15, 0.2) is 24.3 Å². The molecular formula is C13H17FN2.